The lowest BCUT2D eigenvalue weighted by molar-refractivity contribution is -0.138. The van der Waals surface area contributed by atoms with Crippen LogP contribution in [0.3, 0.4) is 0 Å². The number of rotatable bonds is 4. The van der Waals surface area contributed by atoms with E-state index in [1.807, 2.05) is 0 Å². The Labute approximate surface area is 121 Å². The van der Waals surface area contributed by atoms with Gasteiger partial charge in [-0.25, -0.2) is 4.98 Å². The average molecular weight is 354 g/mol. The van der Waals surface area contributed by atoms with Crippen molar-refractivity contribution in [2.24, 2.45) is 0 Å². The molecule has 0 fully saturated rings. The lowest BCUT2D eigenvalue weighted by atomic mass is 10.3. The van der Waals surface area contributed by atoms with Crippen molar-refractivity contribution in [3.63, 3.8) is 0 Å². The van der Waals surface area contributed by atoms with E-state index in [1.165, 1.54) is 19.3 Å². The van der Waals surface area contributed by atoms with Gasteiger partial charge in [0.2, 0.25) is 5.91 Å². The summed E-state index contributed by atoms with van der Waals surface area (Å²) in [4.78, 5) is 27.9. The van der Waals surface area contributed by atoms with Crippen molar-refractivity contribution in [1.29, 1.82) is 0 Å². The second-order valence-electron chi connectivity index (χ2n) is 3.91. The third kappa shape index (κ3) is 5.55. The van der Waals surface area contributed by atoms with Crippen molar-refractivity contribution in [3.8, 4) is 0 Å². The summed E-state index contributed by atoms with van der Waals surface area (Å²) in [7, 11) is 1.30. The minimum atomic E-state index is -4.48. The Kier molecular flexibility index (Phi) is 5.49. The van der Waals surface area contributed by atoms with Crippen molar-refractivity contribution in [1.82, 2.24) is 15.2 Å². The average Bonchev–Trinajstić information content (AvgIpc) is 2.35. The van der Waals surface area contributed by atoms with Crippen LogP contribution in [0.15, 0.2) is 22.8 Å². The summed E-state index contributed by atoms with van der Waals surface area (Å²) in [6, 6.07) is 3.04. The zero-order chi connectivity index (χ0) is 15.3. The molecule has 0 aromatic carbocycles. The van der Waals surface area contributed by atoms with Crippen molar-refractivity contribution in [3.05, 3.63) is 28.5 Å². The Morgan fingerprint density at radius 2 is 2.05 bits per heavy atom. The number of carbonyl (C=O) groups is 2. The topological polar surface area (TPSA) is 62.3 Å². The van der Waals surface area contributed by atoms with Gasteiger partial charge in [-0.05, 0) is 28.1 Å². The maximum Gasteiger partial charge on any atom is 0.405 e. The molecule has 2 amide bonds. The van der Waals surface area contributed by atoms with Gasteiger partial charge >= 0.3 is 6.18 Å². The van der Waals surface area contributed by atoms with E-state index in [9.17, 15) is 22.8 Å². The van der Waals surface area contributed by atoms with Crippen molar-refractivity contribution in [2.75, 3.05) is 20.1 Å². The molecule has 110 valence electrons. The van der Waals surface area contributed by atoms with Crippen LogP contribution in [0.4, 0.5) is 13.2 Å². The normalized spacial score (nSPS) is 11.1. The number of alkyl halides is 3. The van der Waals surface area contributed by atoms with Crippen LogP contribution in [0.2, 0.25) is 0 Å². The first kappa shape index (κ1) is 16.4. The number of nitrogens with zero attached hydrogens (tertiary/aromatic N) is 2. The van der Waals surface area contributed by atoms with Gasteiger partial charge in [-0.2, -0.15) is 13.2 Å². The summed E-state index contributed by atoms with van der Waals surface area (Å²) in [6.07, 6.45) is -3.07. The molecule has 1 heterocycles. The number of aromatic nitrogens is 1. The van der Waals surface area contributed by atoms with E-state index in [-0.39, 0.29) is 5.69 Å². The molecule has 1 N–H and O–H groups in total. The lowest BCUT2D eigenvalue weighted by Crippen LogP contribution is -2.41. The molecule has 0 unspecified atom stereocenters. The number of halogens is 4. The summed E-state index contributed by atoms with van der Waals surface area (Å²) >= 11 is 3.15. The molecule has 9 heteroatoms. The number of likely N-dealkylation sites (N-methyl/N-ethyl adjacent to an activating group) is 1. The monoisotopic (exact) mass is 353 g/mol. The molecule has 0 saturated carbocycles. The van der Waals surface area contributed by atoms with Gasteiger partial charge in [0.15, 0.2) is 0 Å². The van der Waals surface area contributed by atoms with E-state index in [0.29, 0.717) is 4.47 Å². The van der Waals surface area contributed by atoms with Gasteiger partial charge < -0.3 is 10.2 Å². The van der Waals surface area contributed by atoms with Gasteiger partial charge in [-0.1, -0.05) is 0 Å². The number of hydrogen-bond donors (Lipinski definition) is 1. The Morgan fingerprint density at radius 3 is 2.55 bits per heavy atom. The Hall–Kier alpha value is -1.64. The largest absolute Gasteiger partial charge is 0.405 e. The Morgan fingerprint density at radius 1 is 1.40 bits per heavy atom. The molecule has 0 atom stereocenters. The highest BCUT2D eigenvalue weighted by atomic mass is 79.9. The van der Waals surface area contributed by atoms with Gasteiger partial charge in [0.25, 0.3) is 5.91 Å². The highest BCUT2D eigenvalue weighted by molar-refractivity contribution is 9.10. The van der Waals surface area contributed by atoms with Gasteiger partial charge in [0.05, 0.1) is 6.54 Å². The molecule has 1 rings (SSSR count). The Bertz CT molecular complexity index is 491. The molecular weight excluding hydrogens is 343 g/mol. The van der Waals surface area contributed by atoms with E-state index in [4.69, 9.17) is 0 Å². The first-order chi connectivity index (χ1) is 9.19. The predicted molar refractivity (Wildman–Crippen MR) is 68.0 cm³/mol. The zero-order valence-electron chi connectivity index (χ0n) is 10.4. The molecule has 0 spiro atoms. The third-order valence-electron chi connectivity index (χ3n) is 2.16. The summed E-state index contributed by atoms with van der Waals surface area (Å²) in [5.74, 6) is -1.45. The van der Waals surface area contributed by atoms with E-state index in [1.54, 1.807) is 11.4 Å². The predicted octanol–water partition coefficient (Wildman–Crippen LogP) is 1.59. The first-order valence-corrected chi connectivity index (χ1v) is 6.19. The highest BCUT2D eigenvalue weighted by Gasteiger charge is 2.28. The van der Waals surface area contributed by atoms with Crippen LogP contribution < -0.4 is 5.32 Å². The van der Waals surface area contributed by atoms with Crippen LogP contribution in [-0.2, 0) is 4.79 Å². The van der Waals surface area contributed by atoms with Crippen LogP contribution >= 0.6 is 15.9 Å². The third-order valence-corrected chi connectivity index (χ3v) is 2.63. The molecule has 1 aromatic heterocycles. The minimum Gasteiger partial charge on any atom is -0.345 e. The highest BCUT2D eigenvalue weighted by Crippen LogP contribution is 2.12. The van der Waals surface area contributed by atoms with E-state index in [0.717, 1.165) is 4.90 Å². The fourth-order valence-electron chi connectivity index (χ4n) is 1.24. The van der Waals surface area contributed by atoms with E-state index in [2.05, 4.69) is 20.9 Å². The molecule has 0 bridgehead atoms. The number of amides is 2. The summed E-state index contributed by atoms with van der Waals surface area (Å²) in [5.41, 5.74) is 0.0966. The summed E-state index contributed by atoms with van der Waals surface area (Å²) in [5, 5.41) is 1.68. The maximum absolute atomic E-state index is 11.9. The quantitative estimate of drug-likeness (QED) is 0.894. The molecule has 0 aliphatic rings. The number of hydrogen-bond acceptors (Lipinski definition) is 3. The van der Waals surface area contributed by atoms with Crippen LogP contribution in [0.25, 0.3) is 0 Å². The smallest absolute Gasteiger partial charge is 0.345 e. The van der Waals surface area contributed by atoms with Gasteiger partial charge in [-0.15, -0.1) is 0 Å². The molecule has 5 nitrogen and oxygen atoms in total. The minimum absolute atomic E-state index is 0.0966. The van der Waals surface area contributed by atoms with Crippen molar-refractivity contribution in [2.45, 2.75) is 6.18 Å². The fourth-order valence-corrected chi connectivity index (χ4v) is 1.47. The number of carbonyl (C=O) groups excluding carboxylic acids is 2. The molecule has 0 aliphatic carbocycles. The number of nitrogens with one attached hydrogen (secondary N) is 1. The molecular formula is C11H11BrF3N3O2. The second-order valence-corrected chi connectivity index (χ2v) is 4.83. The van der Waals surface area contributed by atoms with Crippen LogP contribution in [0.1, 0.15) is 10.5 Å². The zero-order valence-corrected chi connectivity index (χ0v) is 12.0. The molecule has 20 heavy (non-hydrogen) atoms. The van der Waals surface area contributed by atoms with Crippen molar-refractivity contribution >= 4 is 27.7 Å². The van der Waals surface area contributed by atoms with E-state index >= 15 is 0 Å². The second kappa shape index (κ2) is 6.69. The number of pyridine rings is 1. The van der Waals surface area contributed by atoms with Crippen LogP contribution in [0, 0.1) is 0 Å². The lowest BCUT2D eigenvalue weighted by Gasteiger charge is -2.16. The maximum atomic E-state index is 11.9. The molecule has 1 aromatic rings. The van der Waals surface area contributed by atoms with Crippen LogP contribution in [-0.4, -0.2) is 48.0 Å². The van der Waals surface area contributed by atoms with Gasteiger partial charge in [0, 0.05) is 17.7 Å². The molecule has 0 saturated heterocycles. The molecule has 0 radical (unpaired) electrons. The van der Waals surface area contributed by atoms with Gasteiger partial charge in [0.1, 0.15) is 12.2 Å². The van der Waals surface area contributed by atoms with Crippen molar-refractivity contribution < 1.29 is 22.8 Å². The molecule has 0 aliphatic heterocycles. The first-order valence-electron chi connectivity index (χ1n) is 5.39. The Balaban J connectivity index is 2.53. The van der Waals surface area contributed by atoms with Gasteiger partial charge in [-0.3, -0.25) is 9.59 Å². The summed E-state index contributed by atoms with van der Waals surface area (Å²) < 4.78 is 36.4. The van der Waals surface area contributed by atoms with E-state index < -0.39 is 31.1 Å². The fraction of sp³-hybridized carbons (Fsp3) is 0.364. The SMILES string of the molecule is CN(CC(=O)NCC(F)(F)F)C(=O)c1ccc(Br)cn1. The standard InChI is InChI=1S/C11H11BrF3N3O2/c1-18(5-9(19)17-6-11(13,14)15)10(20)8-3-2-7(12)4-16-8/h2-4H,5-6H2,1H3,(H,17,19). The van der Waals surface area contributed by atoms with Crippen LogP contribution in [0.5, 0.6) is 0 Å². The summed E-state index contributed by atoms with van der Waals surface area (Å²) in [6.45, 7) is -1.91.